The van der Waals surface area contributed by atoms with Crippen LogP contribution in [0.5, 0.6) is 0 Å². The average molecular weight is 227 g/mol. The first-order valence-corrected chi connectivity index (χ1v) is 6.88. The summed E-state index contributed by atoms with van der Waals surface area (Å²) in [6, 6.07) is 0.564. The molecule has 0 aromatic heterocycles. The molecule has 1 fully saturated rings. The standard InChI is InChI=1S/C13H27N2O/c1-2-3-5-10-16-11-6-4-7-13-12-14-8-9-15-13/h13-14H,2-12H2,1H3. The molecule has 1 aliphatic rings. The number of hydrogen-bond donors (Lipinski definition) is 1. The summed E-state index contributed by atoms with van der Waals surface area (Å²) in [5.41, 5.74) is 0. The van der Waals surface area contributed by atoms with Crippen LogP contribution < -0.4 is 10.6 Å². The molecular formula is C13H27N2O. The van der Waals surface area contributed by atoms with Gasteiger partial charge in [-0.2, -0.15) is 0 Å². The van der Waals surface area contributed by atoms with E-state index in [9.17, 15) is 0 Å². The van der Waals surface area contributed by atoms with Crippen LogP contribution in [0.1, 0.15) is 45.4 Å². The Labute approximate surface area is 100 Å². The van der Waals surface area contributed by atoms with E-state index in [2.05, 4.69) is 17.6 Å². The lowest BCUT2D eigenvalue weighted by molar-refractivity contribution is 0.125. The molecule has 16 heavy (non-hydrogen) atoms. The van der Waals surface area contributed by atoms with Crippen molar-refractivity contribution in [1.29, 1.82) is 0 Å². The molecule has 1 N–H and O–H groups in total. The lowest BCUT2D eigenvalue weighted by Crippen LogP contribution is -2.43. The molecule has 1 atom stereocenters. The molecule has 95 valence electrons. The van der Waals surface area contributed by atoms with E-state index in [1.165, 1.54) is 38.5 Å². The Morgan fingerprint density at radius 3 is 2.69 bits per heavy atom. The molecule has 0 aromatic rings. The Morgan fingerprint density at radius 1 is 1.19 bits per heavy atom. The number of nitrogens with one attached hydrogen (secondary N) is 1. The molecule has 3 heteroatoms. The fourth-order valence-electron chi connectivity index (χ4n) is 1.99. The van der Waals surface area contributed by atoms with Gasteiger partial charge in [0.1, 0.15) is 0 Å². The Bertz CT molecular complexity index is 147. The maximum atomic E-state index is 5.58. The van der Waals surface area contributed by atoms with Gasteiger partial charge >= 0.3 is 0 Å². The largest absolute Gasteiger partial charge is 0.381 e. The van der Waals surface area contributed by atoms with Crippen LogP contribution in [-0.4, -0.2) is 38.9 Å². The van der Waals surface area contributed by atoms with E-state index in [4.69, 9.17) is 4.74 Å². The predicted octanol–water partition coefficient (Wildman–Crippen LogP) is 1.94. The highest BCUT2D eigenvalue weighted by atomic mass is 16.5. The molecule has 1 rings (SSSR count). The van der Waals surface area contributed by atoms with E-state index in [1.807, 2.05) is 0 Å². The van der Waals surface area contributed by atoms with E-state index >= 15 is 0 Å². The third kappa shape index (κ3) is 7.20. The van der Waals surface area contributed by atoms with Crippen LogP contribution in [0.2, 0.25) is 0 Å². The smallest absolute Gasteiger partial charge is 0.0466 e. The van der Waals surface area contributed by atoms with Gasteiger partial charge in [0.05, 0.1) is 0 Å². The molecule has 0 spiro atoms. The van der Waals surface area contributed by atoms with Gasteiger partial charge in [-0.1, -0.05) is 19.8 Å². The van der Waals surface area contributed by atoms with E-state index in [0.29, 0.717) is 6.04 Å². The van der Waals surface area contributed by atoms with Gasteiger partial charge < -0.3 is 10.1 Å². The topological polar surface area (TPSA) is 35.4 Å². The lowest BCUT2D eigenvalue weighted by atomic mass is 10.1. The maximum absolute atomic E-state index is 5.58. The Morgan fingerprint density at radius 2 is 2.00 bits per heavy atom. The third-order valence-electron chi connectivity index (χ3n) is 3.02. The minimum absolute atomic E-state index is 0.564. The number of ether oxygens (including phenoxy) is 1. The lowest BCUT2D eigenvalue weighted by Gasteiger charge is -2.22. The van der Waals surface area contributed by atoms with E-state index in [1.54, 1.807) is 0 Å². The van der Waals surface area contributed by atoms with Gasteiger partial charge in [0, 0.05) is 38.9 Å². The van der Waals surface area contributed by atoms with Crippen molar-refractivity contribution in [3.8, 4) is 0 Å². The van der Waals surface area contributed by atoms with Crippen molar-refractivity contribution in [3.05, 3.63) is 0 Å². The zero-order valence-corrected chi connectivity index (χ0v) is 10.7. The number of hydrogen-bond acceptors (Lipinski definition) is 2. The second-order valence-corrected chi connectivity index (χ2v) is 4.58. The summed E-state index contributed by atoms with van der Waals surface area (Å²) in [4.78, 5) is 0. The van der Waals surface area contributed by atoms with Gasteiger partial charge in [0.25, 0.3) is 0 Å². The summed E-state index contributed by atoms with van der Waals surface area (Å²) < 4.78 is 5.58. The van der Waals surface area contributed by atoms with Crippen LogP contribution in [0.3, 0.4) is 0 Å². The summed E-state index contributed by atoms with van der Waals surface area (Å²) in [6.07, 6.45) is 7.47. The zero-order valence-electron chi connectivity index (χ0n) is 10.7. The van der Waals surface area contributed by atoms with Gasteiger partial charge in [-0.15, -0.1) is 0 Å². The molecule has 3 nitrogen and oxygen atoms in total. The summed E-state index contributed by atoms with van der Waals surface area (Å²) in [5, 5.41) is 7.97. The van der Waals surface area contributed by atoms with Crippen LogP contribution in [0.15, 0.2) is 0 Å². The highest BCUT2D eigenvalue weighted by Gasteiger charge is 2.11. The van der Waals surface area contributed by atoms with Gasteiger partial charge in [0.15, 0.2) is 0 Å². The summed E-state index contributed by atoms with van der Waals surface area (Å²) in [7, 11) is 0. The highest BCUT2D eigenvalue weighted by Crippen LogP contribution is 2.04. The molecule has 1 unspecified atom stereocenters. The van der Waals surface area contributed by atoms with Crippen molar-refractivity contribution in [1.82, 2.24) is 10.6 Å². The first-order chi connectivity index (χ1) is 7.93. The SMILES string of the molecule is CCCCCOCCCCC1CNCC[N]1. The van der Waals surface area contributed by atoms with Crippen molar-refractivity contribution >= 4 is 0 Å². The van der Waals surface area contributed by atoms with Crippen LogP contribution >= 0.6 is 0 Å². The monoisotopic (exact) mass is 227 g/mol. The van der Waals surface area contributed by atoms with E-state index < -0.39 is 0 Å². The van der Waals surface area contributed by atoms with Crippen LogP contribution in [0.25, 0.3) is 0 Å². The molecule has 1 heterocycles. The number of piperazine rings is 1. The fourth-order valence-corrected chi connectivity index (χ4v) is 1.99. The number of rotatable bonds is 9. The average Bonchev–Trinajstić information content (AvgIpc) is 2.34. The molecule has 0 saturated carbocycles. The maximum Gasteiger partial charge on any atom is 0.0466 e. The van der Waals surface area contributed by atoms with Gasteiger partial charge in [-0.3, -0.25) is 0 Å². The Kier molecular flexibility index (Phi) is 8.77. The molecule has 1 aliphatic heterocycles. The van der Waals surface area contributed by atoms with Crippen molar-refractivity contribution in [3.63, 3.8) is 0 Å². The zero-order chi connectivity index (χ0) is 11.5. The van der Waals surface area contributed by atoms with Crippen molar-refractivity contribution in [2.45, 2.75) is 51.5 Å². The van der Waals surface area contributed by atoms with Crippen LogP contribution in [-0.2, 0) is 4.74 Å². The van der Waals surface area contributed by atoms with Crippen molar-refractivity contribution in [2.24, 2.45) is 0 Å². The van der Waals surface area contributed by atoms with Gasteiger partial charge in [0.2, 0.25) is 0 Å². The van der Waals surface area contributed by atoms with Crippen molar-refractivity contribution < 1.29 is 4.74 Å². The summed E-state index contributed by atoms with van der Waals surface area (Å²) in [5.74, 6) is 0. The number of nitrogens with zero attached hydrogens (tertiary/aromatic N) is 1. The van der Waals surface area contributed by atoms with Crippen molar-refractivity contribution in [2.75, 3.05) is 32.8 Å². The fraction of sp³-hybridized carbons (Fsp3) is 1.00. The Balaban J connectivity index is 1.77. The summed E-state index contributed by atoms with van der Waals surface area (Å²) in [6.45, 7) is 7.25. The minimum Gasteiger partial charge on any atom is -0.381 e. The third-order valence-corrected chi connectivity index (χ3v) is 3.02. The minimum atomic E-state index is 0.564. The molecule has 0 aromatic carbocycles. The first kappa shape index (κ1) is 13.9. The molecule has 1 radical (unpaired) electrons. The second kappa shape index (κ2) is 10.1. The molecule has 0 bridgehead atoms. The highest BCUT2D eigenvalue weighted by molar-refractivity contribution is 4.74. The summed E-state index contributed by atoms with van der Waals surface area (Å²) >= 11 is 0. The second-order valence-electron chi connectivity index (χ2n) is 4.58. The normalized spacial score (nSPS) is 21.2. The number of unbranched alkanes of at least 4 members (excludes halogenated alkanes) is 3. The van der Waals surface area contributed by atoms with Crippen LogP contribution in [0.4, 0.5) is 0 Å². The first-order valence-electron chi connectivity index (χ1n) is 6.88. The van der Waals surface area contributed by atoms with Crippen LogP contribution in [0, 0.1) is 0 Å². The molecule has 0 aliphatic carbocycles. The quantitative estimate of drug-likeness (QED) is 0.611. The van der Waals surface area contributed by atoms with Gasteiger partial charge in [-0.05, 0) is 25.7 Å². The molecular weight excluding hydrogens is 200 g/mol. The Hall–Kier alpha value is -0.120. The van der Waals surface area contributed by atoms with E-state index in [0.717, 1.165) is 32.8 Å². The predicted molar refractivity (Wildman–Crippen MR) is 67.9 cm³/mol. The molecule has 0 amide bonds. The van der Waals surface area contributed by atoms with Gasteiger partial charge in [-0.25, -0.2) is 5.32 Å². The van der Waals surface area contributed by atoms with E-state index in [-0.39, 0.29) is 0 Å². The molecule has 1 saturated heterocycles.